The molecular weight excluding hydrogens is 292 g/mol. The van der Waals surface area contributed by atoms with Crippen molar-refractivity contribution < 1.29 is 14.3 Å². The van der Waals surface area contributed by atoms with Gasteiger partial charge in [-0.2, -0.15) is 0 Å². The molecule has 1 aromatic heterocycles. The van der Waals surface area contributed by atoms with Crippen LogP contribution in [0.25, 0.3) is 0 Å². The lowest BCUT2D eigenvalue weighted by molar-refractivity contribution is -0.147. The third-order valence-electron chi connectivity index (χ3n) is 4.39. The van der Waals surface area contributed by atoms with E-state index in [0.717, 1.165) is 37.1 Å². The number of pyridine rings is 1. The van der Waals surface area contributed by atoms with Crippen LogP contribution in [0.1, 0.15) is 52.1 Å². The number of aromatic nitrogens is 1. The zero-order valence-corrected chi connectivity index (χ0v) is 14.6. The first kappa shape index (κ1) is 17.7. The fraction of sp³-hybridized carbons (Fsp3) is 0.667. The van der Waals surface area contributed by atoms with E-state index in [1.54, 1.807) is 6.07 Å². The minimum atomic E-state index is -0.711. The largest absolute Gasteiger partial charge is 0.478 e. The number of carbonyl (C=O) groups excluding carboxylic acids is 1. The third kappa shape index (κ3) is 4.22. The van der Waals surface area contributed by atoms with E-state index in [4.69, 9.17) is 9.47 Å². The van der Waals surface area contributed by atoms with Gasteiger partial charge in [-0.25, -0.2) is 4.98 Å². The fourth-order valence-corrected chi connectivity index (χ4v) is 3.32. The second-order valence-corrected chi connectivity index (χ2v) is 6.30. The Balaban J connectivity index is 2.15. The van der Waals surface area contributed by atoms with Crippen molar-refractivity contribution in [1.82, 2.24) is 4.98 Å². The smallest absolute Gasteiger partial charge is 0.256 e. The highest BCUT2D eigenvalue weighted by Crippen LogP contribution is 2.36. The van der Waals surface area contributed by atoms with Gasteiger partial charge in [0.05, 0.1) is 18.0 Å². The number of nitrogens with zero attached hydrogens (tertiary/aromatic N) is 1. The molecule has 5 nitrogen and oxygen atoms in total. The first-order valence-electron chi connectivity index (χ1n) is 8.56. The Morgan fingerprint density at radius 2 is 2.17 bits per heavy atom. The van der Waals surface area contributed by atoms with Crippen LogP contribution in [-0.2, 0) is 9.53 Å². The number of nitrogens with one attached hydrogen (secondary N) is 1. The summed E-state index contributed by atoms with van der Waals surface area (Å²) in [7, 11) is 0. The molecule has 1 amide bonds. The summed E-state index contributed by atoms with van der Waals surface area (Å²) in [5, 5.41) is 3.01. The van der Waals surface area contributed by atoms with E-state index in [1.807, 2.05) is 26.8 Å². The lowest BCUT2D eigenvalue weighted by Gasteiger charge is -2.38. The topological polar surface area (TPSA) is 60.5 Å². The minimum Gasteiger partial charge on any atom is -0.478 e. The minimum absolute atomic E-state index is 0.0556. The number of rotatable bonds is 6. The lowest BCUT2D eigenvalue weighted by atomic mass is 9.78. The summed E-state index contributed by atoms with van der Waals surface area (Å²) >= 11 is 0. The maximum Gasteiger partial charge on any atom is 0.256 e. The van der Waals surface area contributed by atoms with Gasteiger partial charge in [-0.1, -0.05) is 13.3 Å². The fourth-order valence-electron chi connectivity index (χ4n) is 3.32. The highest BCUT2D eigenvalue weighted by molar-refractivity contribution is 5.97. The van der Waals surface area contributed by atoms with Crippen molar-refractivity contribution in [3.8, 4) is 5.88 Å². The van der Waals surface area contributed by atoms with Gasteiger partial charge in [0, 0.05) is 12.7 Å². The van der Waals surface area contributed by atoms with E-state index in [0.29, 0.717) is 25.0 Å². The molecule has 2 atom stereocenters. The van der Waals surface area contributed by atoms with Gasteiger partial charge in [0.1, 0.15) is 5.60 Å². The molecule has 0 aliphatic heterocycles. The lowest BCUT2D eigenvalue weighted by Crippen LogP contribution is -2.48. The van der Waals surface area contributed by atoms with Crippen LogP contribution in [0.2, 0.25) is 0 Å². The Bertz CT molecular complexity index is 543. The zero-order valence-electron chi connectivity index (χ0n) is 14.6. The van der Waals surface area contributed by atoms with Crippen LogP contribution in [0, 0.1) is 12.8 Å². The average Bonchev–Trinajstić information content (AvgIpc) is 2.50. The Hall–Kier alpha value is -1.62. The van der Waals surface area contributed by atoms with Crippen molar-refractivity contribution in [1.29, 1.82) is 0 Å². The Morgan fingerprint density at radius 1 is 1.39 bits per heavy atom. The van der Waals surface area contributed by atoms with Crippen molar-refractivity contribution in [2.75, 3.05) is 18.5 Å². The number of hydrogen-bond acceptors (Lipinski definition) is 4. The standard InChI is InChI=1S/C18H28N2O3/c1-5-22-16-10-9-15(14(4)19-16)20-17(21)18(23-6-2)11-7-8-13(3)12-18/h9-10,13H,5-8,11-12H2,1-4H3,(H,20,21)/t13-,18-/m0/s1. The number of ether oxygens (including phenoxy) is 2. The Labute approximate surface area is 138 Å². The average molecular weight is 320 g/mol. The normalized spacial score (nSPS) is 24.3. The molecule has 0 aromatic carbocycles. The molecule has 1 heterocycles. The highest BCUT2D eigenvalue weighted by Gasteiger charge is 2.42. The van der Waals surface area contributed by atoms with E-state index in [9.17, 15) is 4.79 Å². The van der Waals surface area contributed by atoms with E-state index < -0.39 is 5.60 Å². The van der Waals surface area contributed by atoms with E-state index in [2.05, 4.69) is 17.2 Å². The molecule has 1 aliphatic carbocycles. The van der Waals surface area contributed by atoms with Crippen molar-refractivity contribution in [2.45, 2.75) is 59.0 Å². The van der Waals surface area contributed by atoms with Gasteiger partial charge < -0.3 is 14.8 Å². The van der Waals surface area contributed by atoms with Crippen molar-refractivity contribution in [3.05, 3.63) is 17.8 Å². The summed E-state index contributed by atoms with van der Waals surface area (Å²) in [4.78, 5) is 17.3. The molecule has 2 rings (SSSR count). The summed E-state index contributed by atoms with van der Waals surface area (Å²) in [6.07, 6.45) is 3.73. The van der Waals surface area contributed by atoms with E-state index in [1.165, 1.54) is 0 Å². The second kappa shape index (κ2) is 7.77. The van der Waals surface area contributed by atoms with Crippen LogP contribution < -0.4 is 10.1 Å². The molecule has 0 unspecified atom stereocenters. The van der Waals surface area contributed by atoms with Gasteiger partial charge in [0.2, 0.25) is 5.88 Å². The predicted octanol–water partition coefficient (Wildman–Crippen LogP) is 3.71. The molecule has 1 saturated carbocycles. The quantitative estimate of drug-likeness (QED) is 0.868. The monoisotopic (exact) mass is 320 g/mol. The first-order chi connectivity index (χ1) is 11.0. The number of amides is 1. The van der Waals surface area contributed by atoms with Crippen molar-refractivity contribution in [2.24, 2.45) is 5.92 Å². The molecule has 1 fully saturated rings. The SMILES string of the molecule is CCOc1ccc(NC(=O)[C@]2(OCC)CCC[C@H](C)C2)c(C)n1. The van der Waals surface area contributed by atoms with Gasteiger partial charge in [-0.3, -0.25) is 4.79 Å². The number of hydrogen-bond donors (Lipinski definition) is 1. The summed E-state index contributed by atoms with van der Waals surface area (Å²) in [6, 6.07) is 3.63. The molecule has 0 radical (unpaired) electrons. The maximum absolute atomic E-state index is 12.9. The summed E-state index contributed by atoms with van der Waals surface area (Å²) in [5.74, 6) is 1.02. The summed E-state index contributed by atoms with van der Waals surface area (Å²) in [5.41, 5.74) is 0.757. The zero-order chi connectivity index (χ0) is 16.9. The van der Waals surface area contributed by atoms with E-state index in [-0.39, 0.29) is 5.91 Å². The summed E-state index contributed by atoms with van der Waals surface area (Å²) in [6.45, 7) is 9.03. The van der Waals surface area contributed by atoms with Crippen molar-refractivity contribution in [3.63, 3.8) is 0 Å². The molecule has 1 N–H and O–H groups in total. The predicted molar refractivity (Wildman–Crippen MR) is 90.8 cm³/mol. The molecule has 0 saturated heterocycles. The van der Waals surface area contributed by atoms with Gasteiger partial charge in [0.25, 0.3) is 5.91 Å². The molecule has 23 heavy (non-hydrogen) atoms. The molecule has 128 valence electrons. The number of carbonyl (C=O) groups is 1. The van der Waals surface area contributed by atoms with Crippen LogP contribution in [0.15, 0.2) is 12.1 Å². The summed E-state index contributed by atoms with van der Waals surface area (Å²) < 4.78 is 11.3. The molecule has 1 aliphatic rings. The molecule has 1 aromatic rings. The maximum atomic E-state index is 12.9. The van der Waals surface area contributed by atoms with Gasteiger partial charge in [-0.15, -0.1) is 0 Å². The number of aryl methyl sites for hydroxylation is 1. The molecule has 0 spiro atoms. The third-order valence-corrected chi connectivity index (χ3v) is 4.39. The van der Waals surface area contributed by atoms with Crippen LogP contribution in [0.3, 0.4) is 0 Å². The van der Waals surface area contributed by atoms with Gasteiger partial charge in [0.15, 0.2) is 0 Å². The van der Waals surface area contributed by atoms with Gasteiger partial charge in [-0.05, 0) is 52.0 Å². The van der Waals surface area contributed by atoms with Crippen LogP contribution in [0.5, 0.6) is 5.88 Å². The van der Waals surface area contributed by atoms with Crippen LogP contribution >= 0.6 is 0 Å². The van der Waals surface area contributed by atoms with Crippen molar-refractivity contribution >= 4 is 11.6 Å². The van der Waals surface area contributed by atoms with Crippen LogP contribution in [0.4, 0.5) is 5.69 Å². The molecule has 0 bridgehead atoms. The first-order valence-corrected chi connectivity index (χ1v) is 8.56. The Kier molecular flexibility index (Phi) is 5.99. The highest BCUT2D eigenvalue weighted by atomic mass is 16.5. The molecular formula is C18H28N2O3. The van der Waals surface area contributed by atoms with Gasteiger partial charge >= 0.3 is 0 Å². The molecule has 5 heteroatoms. The van der Waals surface area contributed by atoms with Crippen LogP contribution in [-0.4, -0.2) is 29.7 Å². The Morgan fingerprint density at radius 3 is 2.78 bits per heavy atom. The van der Waals surface area contributed by atoms with E-state index >= 15 is 0 Å². The number of anilines is 1. The second-order valence-electron chi connectivity index (χ2n) is 6.30.